The number of nitrogens with zero attached hydrogens (tertiary/aromatic N) is 6. The minimum atomic E-state index is 0.359. The quantitative estimate of drug-likeness (QED) is 0.378. The van der Waals surface area contributed by atoms with Gasteiger partial charge in [-0.05, 0) is 43.7 Å². The Labute approximate surface area is 207 Å². The predicted octanol–water partition coefficient (Wildman–Crippen LogP) is 5.39. The third-order valence-corrected chi connectivity index (χ3v) is 8.37. The van der Waals surface area contributed by atoms with Crippen molar-refractivity contribution in [3.05, 3.63) is 60.1 Å². The highest BCUT2D eigenvalue weighted by Crippen LogP contribution is 2.42. The molecule has 174 valence electrons. The van der Waals surface area contributed by atoms with Crippen LogP contribution in [0.1, 0.15) is 26.2 Å². The highest BCUT2D eigenvalue weighted by molar-refractivity contribution is 7.99. The maximum atomic E-state index is 6.79. The van der Waals surface area contributed by atoms with E-state index in [1.807, 2.05) is 48.9 Å². The van der Waals surface area contributed by atoms with Crippen molar-refractivity contribution in [2.24, 2.45) is 5.41 Å². The molecule has 4 aromatic rings. The van der Waals surface area contributed by atoms with Crippen LogP contribution in [-0.2, 0) is 4.74 Å². The Morgan fingerprint density at radius 2 is 2.00 bits per heavy atom. The molecule has 34 heavy (non-hydrogen) atoms. The van der Waals surface area contributed by atoms with Gasteiger partial charge in [-0.3, -0.25) is 0 Å². The van der Waals surface area contributed by atoms with Crippen LogP contribution in [-0.4, -0.2) is 50.4 Å². The zero-order chi connectivity index (χ0) is 23.1. The maximum Gasteiger partial charge on any atom is 0.155 e. The van der Waals surface area contributed by atoms with Crippen molar-refractivity contribution in [3.63, 3.8) is 0 Å². The van der Waals surface area contributed by atoms with E-state index < -0.39 is 0 Å². The van der Waals surface area contributed by atoms with Gasteiger partial charge in [0.05, 0.1) is 42.0 Å². The molecule has 0 amide bonds. The lowest BCUT2D eigenvalue weighted by atomic mass is 9.77. The normalized spacial score (nSPS) is 19.8. The first-order valence-electron chi connectivity index (χ1n) is 11.5. The van der Waals surface area contributed by atoms with Gasteiger partial charge in [0.1, 0.15) is 10.8 Å². The molecule has 6 rings (SSSR count). The van der Waals surface area contributed by atoms with Crippen molar-refractivity contribution >= 4 is 34.8 Å². The summed E-state index contributed by atoms with van der Waals surface area (Å²) < 4.78 is 7.59. The highest BCUT2D eigenvalue weighted by Gasteiger charge is 2.41. The van der Waals surface area contributed by atoms with E-state index in [9.17, 15) is 0 Å². The number of benzene rings is 1. The van der Waals surface area contributed by atoms with Gasteiger partial charge in [0.2, 0.25) is 0 Å². The average Bonchev–Trinajstić information content (AvgIpc) is 3.47. The van der Waals surface area contributed by atoms with Crippen LogP contribution in [0, 0.1) is 5.41 Å². The second kappa shape index (κ2) is 8.83. The molecule has 2 saturated heterocycles. The molecule has 0 aliphatic carbocycles. The lowest BCUT2D eigenvalue weighted by molar-refractivity contribution is 0.0976. The van der Waals surface area contributed by atoms with Crippen LogP contribution >= 0.6 is 23.4 Å². The molecular weight excluding hydrogens is 468 g/mol. The Hall–Kier alpha value is -2.68. The van der Waals surface area contributed by atoms with Crippen molar-refractivity contribution in [2.75, 3.05) is 24.6 Å². The van der Waals surface area contributed by atoms with E-state index >= 15 is 0 Å². The van der Waals surface area contributed by atoms with Gasteiger partial charge >= 0.3 is 0 Å². The van der Waals surface area contributed by atoms with Crippen molar-refractivity contribution in [1.82, 2.24) is 24.6 Å². The van der Waals surface area contributed by atoms with Gasteiger partial charge in [0.25, 0.3) is 0 Å². The van der Waals surface area contributed by atoms with Gasteiger partial charge in [-0.25, -0.2) is 19.5 Å². The molecule has 1 aromatic carbocycles. The Kier molecular flexibility index (Phi) is 5.67. The Morgan fingerprint density at radius 3 is 2.76 bits per heavy atom. The number of piperidine rings is 1. The van der Waals surface area contributed by atoms with E-state index in [1.165, 1.54) is 18.2 Å². The summed E-state index contributed by atoms with van der Waals surface area (Å²) in [6.07, 6.45) is 11.2. The van der Waals surface area contributed by atoms with E-state index in [0.717, 1.165) is 65.2 Å². The second-order valence-corrected chi connectivity index (χ2v) is 10.6. The van der Waals surface area contributed by atoms with Gasteiger partial charge < -0.3 is 9.64 Å². The number of rotatable bonds is 4. The molecule has 9 heteroatoms. The highest BCUT2D eigenvalue weighted by atomic mass is 35.5. The fraction of sp³-hybridized carbons (Fsp3) is 0.360. The summed E-state index contributed by atoms with van der Waals surface area (Å²) in [6.45, 7) is 5.08. The predicted molar refractivity (Wildman–Crippen MR) is 133 cm³/mol. The number of hydrogen-bond acceptors (Lipinski definition) is 7. The van der Waals surface area contributed by atoms with Gasteiger partial charge in [0.15, 0.2) is 5.65 Å². The van der Waals surface area contributed by atoms with Gasteiger partial charge in [-0.15, -0.1) is 0 Å². The molecule has 5 heterocycles. The van der Waals surface area contributed by atoms with Crippen LogP contribution in [0.15, 0.2) is 65.0 Å². The molecule has 2 fully saturated rings. The molecule has 0 N–H and O–H groups in total. The summed E-state index contributed by atoms with van der Waals surface area (Å²) in [5, 5.41) is 5.67. The van der Waals surface area contributed by atoms with E-state index in [-0.39, 0.29) is 0 Å². The first-order chi connectivity index (χ1) is 16.6. The van der Waals surface area contributed by atoms with Crippen molar-refractivity contribution in [1.29, 1.82) is 0 Å². The lowest BCUT2D eigenvalue weighted by Crippen LogP contribution is -2.41. The molecule has 0 saturated carbocycles. The Morgan fingerprint density at radius 1 is 1.12 bits per heavy atom. The van der Waals surface area contributed by atoms with Gasteiger partial charge in [-0.1, -0.05) is 35.5 Å². The fourth-order valence-electron chi connectivity index (χ4n) is 4.99. The molecule has 1 spiro atoms. The standard InChI is InChI=1S/C25H25ClN6OS/c1-17-13-25(16-33-17)7-11-31(12-8-25)22-14-28-23(15-27-22)34-20-4-2-3-18(24(20)26)19-6-10-32-21(30-19)5-9-29-32/h2-6,9-10,14-15,17H,7-8,11-13,16H2,1H3/t17-/m0/s1. The van der Waals surface area contributed by atoms with Crippen LogP contribution in [0.3, 0.4) is 0 Å². The fourth-order valence-corrected chi connectivity index (χ4v) is 6.11. The third-order valence-electron chi connectivity index (χ3n) is 6.87. The number of ether oxygens (including phenoxy) is 1. The number of halogens is 1. The van der Waals surface area contributed by atoms with E-state index in [4.69, 9.17) is 21.3 Å². The molecule has 0 radical (unpaired) electrons. The maximum absolute atomic E-state index is 6.79. The van der Waals surface area contributed by atoms with Gasteiger partial charge in [-0.2, -0.15) is 5.10 Å². The van der Waals surface area contributed by atoms with Crippen LogP contribution in [0.4, 0.5) is 5.82 Å². The van der Waals surface area contributed by atoms with E-state index in [2.05, 4.69) is 26.9 Å². The smallest absolute Gasteiger partial charge is 0.155 e. The molecule has 1 atom stereocenters. The molecular formula is C25H25ClN6OS. The van der Waals surface area contributed by atoms with Crippen LogP contribution in [0.2, 0.25) is 5.02 Å². The number of fused-ring (bicyclic) bond motifs is 1. The largest absolute Gasteiger partial charge is 0.378 e. The Bertz CT molecular complexity index is 1320. The van der Waals surface area contributed by atoms with Gasteiger partial charge in [0, 0.05) is 35.8 Å². The molecule has 0 unspecified atom stereocenters. The molecule has 2 aliphatic heterocycles. The molecule has 0 bridgehead atoms. The van der Waals surface area contributed by atoms with Crippen molar-refractivity contribution < 1.29 is 4.74 Å². The summed E-state index contributed by atoms with van der Waals surface area (Å²) in [4.78, 5) is 17.3. The summed E-state index contributed by atoms with van der Waals surface area (Å²) in [7, 11) is 0. The topological polar surface area (TPSA) is 68.4 Å². The van der Waals surface area contributed by atoms with Crippen LogP contribution in [0.25, 0.3) is 16.9 Å². The van der Waals surface area contributed by atoms with E-state index in [1.54, 1.807) is 10.7 Å². The average molecular weight is 493 g/mol. The molecule has 3 aromatic heterocycles. The lowest BCUT2D eigenvalue weighted by Gasteiger charge is -2.38. The summed E-state index contributed by atoms with van der Waals surface area (Å²) in [5.74, 6) is 0.935. The second-order valence-electron chi connectivity index (χ2n) is 9.19. The monoisotopic (exact) mass is 492 g/mol. The SMILES string of the molecule is C[C@H]1CC2(CCN(c3cnc(Sc4cccc(-c5ccn6nccc6n5)c4Cl)cn3)CC2)CO1. The zero-order valence-corrected chi connectivity index (χ0v) is 20.5. The van der Waals surface area contributed by atoms with Crippen LogP contribution in [0.5, 0.6) is 0 Å². The van der Waals surface area contributed by atoms with E-state index in [0.29, 0.717) is 16.5 Å². The van der Waals surface area contributed by atoms with Crippen molar-refractivity contribution in [2.45, 2.75) is 42.2 Å². The Balaban J connectivity index is 1.16. The van der Waals surface area contributed by atoms with Crippen molar-refractivity contribution in [3.8, 4) is 11.3 Å². The molecule has 2 aliphatic rings. The summed E-state index contributed by atoms with van der Waals surface area (Å²) >= 11 is 8.30. The number of hydrogen-bond donors (Lipinski definition) is 0. The molecule has 7 nitrogen and oxygen atoms in total. The van der Waals surface area contributed by atoms with Crippen LogP contribution < -0.4 is 4.90 Å². The first-order valence-corrected chi connectivity index (χ1v) is 12.7. The number of anilines is 1. The first kappa shape index (κ1) is 21.8. The third kappa shape index (κ3) is 4.15. The minimum absolute atomic E-state index is 0.359. The number of aromatic nitrogens is 5. The minimum Gasteiger partial charge on any atom is -0.378 e. The summed E-state index contributed by atoms with van der Waals surface area (Å²) in [5.41, 5.74) is 2.84. The zero-order valence-electron chi connectivity index (χ0n) is 18.9. The summed E-state index contributed by atoms with van der Waals surface area (Å²) in [6, 6.07) is 9.77.